The molecule has 0 amide bonds. The average molecular weight is 162 g/mol. The number of hydrogen-bond donors (Lipinski definition) is 0. The minimum Gasteiger partial charge on any atom is -0.190 e. The summed E-state index contributed by atoms with van der Waals surface area (Å²) in [6.45, 7) is 0. The van der Waals surface area contributed by atoms with Crippen LogP contribution >= 0.6 is 0 Å². The zero-order valence-electron chi connectivity index (χ0n) is 7.19. The van der Waals surface area contributed by atoms with E-state index in [1.54, 1.807) is 0 Å². The van der Waals surface area contributed by atoms with Gasteiger partial charge in [-0.05, 0) is 49.4 Å². The van der Waals surface area contributed by atoms with Gasteiger partial charge in [-0.3, -0.25) is 0 Å². The van der Waals surface area contributed by atoms with Crippen molar-refractivity contribution < 1.29 is 0 Å². The van der Waals surface area contributed by atoms with Crippen LogP contribution in [0.15, 0.2) is 10.2 Å². The van der Waals surface area contributed by atoms with Gasteiger partial charge in [0.2, 0.25) is 0 Å². The molecule has 4 rings (SSSR count). The predicted octanol–water partition coefficient (Wildman–Crippen LogP) is 2.26. The summed E-state index contributed by atoms with van der Waals surface area (Å²) in [5.41, 5.74) is 0. The standard InChI is InChI=1S/C10H14N2/c1-2-6-3-5(1)9-7-4-8(10(6)9)12-11-7/h5-10H,1-4H2/t5-,6-,7+,8+,9-,10-/m0/s1. The van der Waals surface area contributed by atoms with Gasteiger partial charge in [0.05, 0.1) is 12.1 Å². The fraction of sp³-hybridized carbons (Fsp3) is 1.00. The molecule has 0 aromatic rings. The Labute approximate surface area is 72.4 Å². The van der Waals surface area contributed by atoms with E-state index in [-0.39, 0.29) is 0 Å². The Bertz CT molecular complexity index is 237. The van der Waals surface area contributed by atoms with E-state index in [9.17, 15) is 0 Å². The summed E-state index contributed by atoms with van der Waals surface area (Å²) in [6.07, 6.45) is 5.84. The highest BCUT2D eigenvalue weighted by atomic mass is 15.2. The van der Waals surface area contributed by atoms with Crippen molar-refractivity contribution in [1.29, 1.82) is 0 Å². The first kappa shape index (κ1) is 6.11. The van der Waals surface area contributed by atoms with Crippen molar-refractivity contribution in [3.8, 4) is 0 Å². The molecule has 1 aliphatic heterocycles. The molecule has 4 aliphatic rings. The lowest BCUT2D eigenvalue weighted by atomic mass is 9.79. The lowest BCUT2D eigenvalue weighted by Gasteiger charge is -2.30. The molecule has 12 heavy (non-hydrogen) atoms. The summed E-state index contributed by atoms with van der Waals surface area (Å²) in [4.78, 5) is 0. The van der Waals surface area contributed by atoms with Gasteiger partial charge in [0, 0.05) is 0 Å². The van der Waals surface area contributed by atoms with Crippen LogP contribution in [0.1, 0.15) is 25.7 Å². The average Bonchev–Trinajstić information content (AvgIpc) is 2.83. The zero-order chi connectivity index (χ0) is 7.71. The minimum absolute atomic E-state index is 0.662. The van der Waals surface area contributed by atoms with E-state index in [2.05, 4.69) is 10.2 Å². The van der Waals surface area contributed by atoms with E-state index in [0.29, 0.717) is 12.1 Å². The van der Waals surface area contributed by atoms with Crippen molar-refractivity contribution in [2.24, 2.45) is 33.9 Å². The smallest absolute Gasteiger partial charge is 0.0763 e. The summed E-state index contributed by atoms with van der Waals surface area (Å²) in [6, 6.07) is 1.32. The summed E-state index contributed by atoms with van der Waals surface area (Å²) >= 11 is 0. The molecule has 2 heteroatoms. The molecule has 4 bridgehead atoms. The second-order valence-electron chi connectivity index (χ2n) is 5.09. The summed E-state index contributed by atoms with van der Waals surface area (Å²) in [7, 11) is 0. The van der Waals surface area contributed by atoms with E-state index >= 15 is 0 Å². The first-order valence-corrected chi connectivity index (χ1v) is 5.33. The van der Waals surface area contributed by atoms with Crippen molar-refractivity contribution in [1.82, 2.24) is 0 Å². The van der Waals surface area contributed by atoms with Gasteiger partial charge in [0.1, 0.15) is 0 Å². The fourth-order valence-electron chi connectivity index (χ4n) is 4.50. The Morgan fingerprint density at radius 1 is 0.750 bits per heavy atom. The number of azo groups is 1. The third-order valence-corrected chi connectivity index (χ3v) is 4.78. The molecule has 0 spiro atoms. The largest absolute Gasteiger partial charge is 0.190 e. The second kappa shape index (κ2) is 1.75. The lowest BCUT2D eigenvalue weighted by Crippen LogP contribution is -2.29. The van der Waals surface area contributed by atoms with Gasteiger partial charge in [-0.2, -0.15) is 10.2 Å². The summed E-state index contributed by atoms with van der Waals surface area (Å²) in [5, 5.41) is 8.78. The Kier molecular flexibility index (Phi) is 0.894. The Balaban J connectivity index is 1.82. The van der Waals surface area contributed by atoms with E-state index in [1.807, 2.05) is 0 Å². The Hall–Kier alpha value is -0.400. The first-order valence-electron chi connectivity index (χ1n) is 5.33. The molecule has 6 atom stereocenters. The third kappa shape index (κ3) is 0.502. The van der Waals surface area contributed by atoms with Crippen molar-refractivity contribution in [3.05, 3.63) is 0 Å². The van der Waals surface area contributed by atoms with Gasteiger partial charge in [0.15, 0.2) is 0 Å². The molecule has 0 N–H and O–H groups in total. The van der Waals surface area contributed by atoms with Crippen LogP contribution in [-0.2, 0) is 0 Å². The van der Waals surface area contributed by atoms with Crippen LogP contribution in [0.4, 0.5) is 0 Å². The molecule has 2 nitrogen and oxygen atoms in total. The normalized spacial score (nSPS) is 64.7. The van der Waals surface area contributed by atoms with E-state index in [4.69, 9.17) is 0 Å². The summed E-state index contributed by atoms with van der Waals surface area (Å²) < 4.78 is 0. The van der Waals surface area contributed by atoms with Crippen LogP contribution < -0.4 is 0 Å². The van der Waals surface area contributed by atoms with Crippen LogP contribution in [0.3, 0.4) is 0 Å². The summed E-state index contributed by atoms with van der Waals surface area (Å²) in [5.74, 6) is 4.06. The molecule has 64 valence electrons. The molecular weight excluding hydrogens is 148 g/mol. The van der Waals surface area contributed by atoms with Crippen molar-refractivity contribution in [2.75, 3.05) is 0 Å². The zero-order valence-corrected chi connectivity index (χ0v) is 7.19. The van der Waals surface area contributed by atoms with Crippen molar-refractivity contribution >= 4 is 0 Å². The van der Waals surface area contributed by atoms with E-state index < -0.39 is 0 Å². The molecule has 0 saturated heterocycles. The number of rotatable bonds is 0. The minimum atomic E-state index is 0.662. The molecule has 3 saturated carbocycles. The highest BCUT2D eigenvalue weighted by Gasteiger charge is 2.59. The van der Waals surface area contributed by atoms with Gasteiger partial charge in [-0.15, -0.1) is 0 Å². The molecule has 0 unspecified atom stereocenters. The number of fused-ring (bicyclic) bond motifs is 9. The maximum Gasteiger partial charge on any atom is 0.0763 e. The molecule has 3 aliphatic carbocycles. The molecule has 1 heterocycles. The monoisotopic (exact) mass is 162 g/mol. The molecule has 0 radical (unpaired) electrons. The van der Waals surface area contributed by atoms with Crippen molar-refractivity contribution in [3.63, 3.8) is 0 Å². The van der Waals surface area contributed by atoms with Crippen LogP contribution in [0, 0.1) is 23.7 Å². The van der Waals surface area contributed by atoms with Gasteiger partial charge >= 0.3 is 0 Å². The molecular formula is C10H14N2. The van der Waals surface area contributed by atoms with Gasteiger partial charge in [-0.25, -0.2) is 0 Å². The predicted molar refractivity (Wildman–Crippen MR) is 44.9 cm³/mol. The highest BCUT2D eigenvalue weighted by molar-refractivity contribution is 5.12. The van der Waals surface area contributed by atoms with E-state index in [0.717, 1.165) is 23.7 Å². The Morgan fingerprint density at radius 2 is 1.33 bits per heavy atom. The second-order valence-corrected chi connectivity index (χ2v) is 5.09. The fourth-order valence-corrected chi connectivity index (χ4v) is 4.50. The van der Waals surface area contributed by atoms with E-state index in [1.165, 1.54) is 25.7 Å². The maximum atomic E-state index is 4.39. The van der Waals surface area contributed by atoms with Crippen LogP contribution in [0.5, 0.6) is 0 Å². The van der Waals surface area contributed by atoms with Gasteiger partial charge < -0.3 is 0 Å². The molecule has 3 fully saturated rings. The van der Waals surface area contributed by atoms with Crippen LogP contribution in [-0.4, -0.2) is 12.1 Å². The van der Waals surface area contributed by atoms with Gasteiger partial charge in [-0.1, -0.05) is 0 Å². The van der Waals surface area contributed by atoms with Gasteiger partial charge in [0.25, 0.3) is 0 Å². The van der Waals surface area contributed by atoms with Crippen LogP contribution in [0.2, 0.25) is 0 Å². The highest BCUT2D eigenvalue weighted by Crippen LogP contribution is 2.61. The molecule has 0 aromatic carbocycles. The first-order chi connectivity index (χ1) is 5.93. The number of hydrogen-bond acceptors (Lipinski definition) is 2. The number of nitrogens with zero attached hydrogens (tertiary/aromatic N) is 2. The maximum absolute atomic E-state index is 4.39. The Morgan fingerprint density at radius 3 is 1.92 bits per heavy atom. The quantitative estimate of drug-likeness (QED) is 0.488. The SMILES string of the molecule is C1C[C@H]2C[C@H]1[C@@H]1[C@@H]2[C@H]2C[C@H]1N=N2. The van der Waals surface area contributed by atoms with Crippen molar-refractivity contribution in [2.45, 2.75) is 37.8 Å². The third-order valence-electron chi connectivity index (χ3n) is 4.78. The molecule has 0 aromatic heterocycles. The lowest BCUT2D eigenvalue weighted by molar-refractivity contribution is 0.209. The topological polar surface area (TPSA) is 24.7 Å². The van der Waals surface area contributed by atoms with Crippen LogP contribution in [0.25, 0.3) is 0 Å².